The van der Waals surface area contributed by atoms with Gasteiger partial charge < -0.3 is 19.7 Å². The molecule has 1 aliphatic heterocycles. The fraction of sp³-hybridized carbons (Fsp3) is 0.250. The molecular weight excluding hydrogens is 416 g/mol. The van der Waals surface area contributed by atoms with Crippen molar-refractivity contribution in [3.05, 3.63) is 102 Å². The molecule has 4 rings (SSSR count). The van der Waals surface area contributed by atoms with E-state index in [9.17, 15) is 9.90 Å². The van der Waals surface area contributed by atoms with Crippen LogP contribution in [0.15, 0.2) is 91.0 Å². The van der Waals surface area contributed by atoms with E-state index < -0.39 is 12.3 Å². The molecule has 5 nitrogen and oxygen atoms in total. The number of rotatable bonds is 8. The van der Waals surface area contributed by atoms with Crippen molar-refractivity contribution in [1.82, 2.24) is 0 Å². The van der Waals surface area contributed by atoms with Crippen molar-refractivity contribution in [3.8, 4) is 16.9 Å². The van der Waals surface area contributed by atoms with Crippen LogP contribution in [0.2, 0.25) is 0 Å². The number of hydrogen-bond donors (Lipinski definition) is 2. The molecule has 1 fully saturated rings. The molecule has 1 aliphatic rings. The Bertz CT molecular complexity index is 1090. The molecule has 0 aromatic heterocycles. The number of carbonyl (C=O) groups is 1. The predicted octanol–water partition coefficient (Wildman–Crippen LogP) is 6.27. The Kier molecular flexibility index (Phi) is 7.55. The number of benzene rings is 3. The minimum Gasteiger partial charge on any atom is -0.508 e. The molecular formula is C28H28O5. The average molecular weight is 445 g/mol. The number of phenols is 1. The standard InChI is InChI=1S/C28H28O5/c29-25-17-10-9-16-24(25)27-21(13-5-2-6-18-26(30)31)19-32-28(33-27)23-15-8-7-14-22(23)20-11-3-1-4-12-20/h1-5,7-12,14-17,21,27-29H,6,13,18-19H2,(H,30,31)/b5-2+/t21-,27+,28+/m1/s1. The maximum absolute atomic E-state index is 10.7. The molecule has 3 atom stereocenters. The van der Waals surface area contributed by atoms with Gasteiger partial charge in [0.2, 0.25) is 0 Å². The summed E-state index contributed by atoms with van der Waals surface area (Å²) in [5.41, 5.74) is 3.81. The minimum atomic E-state index is -0.809. The summed E-state index contributed by atoms with van der Waals surface area (Å²) in [4.78, 5) is 10.7. The van der Waals surface area contributed by atoms with Gasteiger partial charge in [0.05, 0.1) is 12.7 Å². The minimum absolute atomic E-state index is 0.0143. The zero-order chi connectivity index (χ0) is 23.0. The molecule has 1 heterocycles. The number of para-hydroxylation sites is 1. The van der Waals surface area contributed by atoms with Crippen LogP contribution in [0.3, 0.4) is 0 Å². The zero-order valence-electron chi connectivity index (χ0n) is 18.3. The highest BCUT2D eigenvalue weighted by Crippen LogP contribution is 2.44. The van der Waals surface area contributed by atoms with Gasteiger partial charge >= 0.3 is 5.97 Å². The maximum atomic E-state index is 10.7. The Balaban J connectivity index is 1.59. The highest BCUT2D eigenvalue weighted by Gasteiger charge is 2.35. The quantitative estimate of drug-likeness (QED) is 0.400. The van der Waals surface area contributed by atoms with E-state index in [-0.39, 0.29) is 24.2 Å². The van der Waals surface area contributed by atoms with E-state index in [0.717, 1.165) is 22.3 Å². The van der Waals surface area contributed by atoms with Gasteiger partial charge in [-0.05, 0) is 30.0 Å². The summed E-state index contributed by atoms with van der Waals surface area (Å²) in [7, 11) is 0. The normalized spacial score (nSPS) is 20.7. The Hall–Kier alpha value is -3.41. The molecule has 0 unspecified atom stereocenters. The second kappa shape index (κ2) is 10.9. The van der Waals surface area contributed by atoms with Crippen molar-refractivity contribution in [3.63, 3.8) is 0 Å². The van der Waals surface area contributed by atoms with Gasteiger partial charge in [-0.15, -0.1) is 0 Å². The van der Waals surface area contributed by atoms with Gasteiger partial charge in [0.15, 0.2) is 6.29 Å². The van der Waals surface area contributed by atoms with E-state index in [4.69, 9.17) is 14.6 Å². The van der Waals surface area contributed by atoms with Gasteiger partial charge in [0.25, 0.3) is 0 Å². The number of aromatic hydroxyl groups is 1. The van der Waals surface area contributed by atoms with Crippen molar-refractivity contribution in [1.29, 1.82) is 0 Å². The van der Waals surface area contributed by atoms with Gasteiger partial charge in [0.1, 0.15) is 5.75 Å². The van der Waals surface area contributed by atoms with E-state index in [0.29, 0.717) is 19.4 Å². The van der Waals surface area contributed by atoms with Crippen LogP contribution in [-0.2, 0) is 14.3 Å². The first-order valence-electron chi connectivity index (χ1n) is 11.2. The van der Waals surface area contributed by atoms with Gasteiger partial charge in [-0.3, -0.25) is 4.79 Å². The largest absolute Gasteiger partial charge is 0.508 e. The Morgan fingerprint density at radius 2 is 1.61 bits per heavy atom. The summed E-state index contributed by atoms with van der Waals surface area (Å²) >= 11 is 0. The Morgan fingerprint density at radius 3 is 2.36 bits per heavy atom. The summed E-state index contributed by atoms with van der Waals surface area (Å²) in [5.74, 6) is -0.630. The second-order valence-corrected chi connectivity index (χ2v) is 8.13. The molecule has 33 heavy (non-hydrogen) atoms. The lowest BCUT2D eigenvalue weighted by atomic mass is 9.90. The van der Waals surface area contributed by atoms with Gasteiger partial charge in [-0.25, -0.2) is 0 Å². The molecule has 5 heteroatoms. The summed E-state index contributed by atoms with van der Waals surface area (Å²) in [6, 6.07) is 25.4. The molecule has 2 N–H and O–H groups in total. The Labute approximate surface area is 193 Å². The third kappa shape index (κ3) is 5.69. The van der Waals surface area contributed by atoms with Crippen LogP contribution in [0.4, 0.5) is 0 Å². The predicted molar refractivity (Wildman–Crippen MR) is 127 cm³/mol. The molecule has 0 radical (unpaired) electrons. The number of carboxylic acids is 1. The van der Waals surface area contributed by atoms with Gasteiger partial charge in [-0.2, -0.15) is 0 Å². The molecule has 0 aliphatic carbocycles. The first-order valence-corrected chi connectivity index (χ1v) is 11.2. The van der Waals surface area contributed by atoms with Crippen molar-refractivity contribution >= 4 is 5.97 Å². The summed E-state index contributed by atoms with van der Waals surface area (Å²) in [5, 5.41) is 19.4. The number of aliphatic carboxylic acids is 1. The van der Waals surface area contributed by atoms with Crippen molar-refractivity contribution < 1.29 is 24.5 Å². The molecule has 0 spiro atoms. The smallest absolute Gasteiger partial charge is 0.303 e. The van der Waals surface area contributed by atoms with Crippen LogP contribution in [0.25, 0.3) is 11.1 Å². The van der Waals surface area contributed by atoms with Crippen LogP contribution < -0.4 is 0 Å². The molecule has 0 amide bonds. The highest BCUT2D eigenvalue weighted by molar-refractivity contribution is 5.67. The van der Waals surface area contributed by atoms with E-state index in [1.165, 1.54) is 0 Å². The zero-order valence-corrected chi connectivity index (χ0v) is 18.3. The molecule has 3 aromatic rings. The third-order valence-corrected chi connectivity index (χ3v) is 5.83. The topological polar surface area (TPSA) is 76.0 Å². The van der Waals surface area contributed by atoms with Crippen LogP contribution in [-0.4, -0.2) is 22.8 Å². The molecule has 1 saturated heterocycles. The van der Waals surface area contributed by atoms with Crippen molar-refractivity contribution in [2.75, 3.05) is 6.61 Å². The number of phenolic OH excluding ortho intramolecular Hbond substituents is 1. The van der Waals surface area contributed by atoms with Crippen LogP contribution in [0.5, 0.6) is 5.75 Å². The lowest BCUT2D eigenvalue weighted by Crippen LogP contribution is -2.30. The lowest BCUT2D eigenvalue weighted by Gasteiger charge is -2.37. The van der Waals surface area contributed by atoms with E-state index in [1.807, 2.05) is 60.7 Å². The monoisotopic (exact) mass is 444 g/mol. The first-order chi connectivity index (χ1) is 16.1. The summed E-state index contributed by atoms with van der Waals surface area (Å²) in [6.45, 7) is 0.454. The first kappa shape index (κ1) is 22.8. The van der Waals surface area contributed by atoms with E-state index in [2.05, 4.69) is 18.2 Å². The molecule has 170 valence electrons. The van der Waals surface area contributed by atoms with Gasteiger partial charge in [-0.1, -0.05) is 84.9 Å². The lowest BCUT2D eigenvalue weighted by molar-refractivity contribution is -0.243. The number of allylic oxidation sites excluding steroid dienone is 2. The number of hydrogen-bond acceptors (Lipinski definition) is 4. The van der Waals surface area contributed by atoms with Crippen LogP contribution in [0, 0.1) is 5.92 Å². The highest BCUT2D eigenvalue weighted by atomic mass is 16.7. The number of ether oxygens (including phenoxy) is 2. The SMILES string of the molecule is O=C(O)CC/C=C/C[C@@H]1CO[C@H](c2ccccc2-c2ccccc2)O[C@@H]1c1ccccc1O. The average Bonchev–Trinajstić information content (AvgIpc) is 2.85. The van der Waals surface area contributed by atoms with E-state index >= 15 is 0 Å². The summed E-state index contributed by atoms with van der Waals surface area (Å²) in [6.07, 6.45) is 4.17. The fourth-order valence-corrected chi connectivity index (χ4v) is 4.17. The summed E-state index contributed by atoms with van der Waals surface area (Å²) < 4.78 is 12.7. The molecule has 0 bridgehead atoms. The van der Waals surface area contributed by atoms with Crippen molar-refractivity contribution in [2.24, 2.45) is 5.92 Å². The number of carboxylic acid groups (broad SMARTS) is 1. The van der Waals surface area contributed by atoms with E-state index in [1.54, 1.807) is 12.1 Å². The van der Waals surface area contributed by atoms with Crippen LogP contribution in [0.1, 0.15) is 42.8 Å². The third-order valence-electron chi connectivity index (χ3n) is 5.83. The van der Waals surface area contributed by atoms with Crippen molar-refractivity contribution in [2.45, 2.75) is 31.7 Å². The molecule has 0 saturated carbocycles. The maximum Gasteiger partial charge on any atom is 0.303 e. The molecule has 3 aromatic carbocycles. The fourth-order valence-electron chi connectivity index (χ4n) is 4.17. The van der Waals surface area contributed by atoms with Gasteiger partial charge in [0, 0.05) is 23.5 Å². The second-order valence-electron chi connectivity index (χ2n) is 8.13. The Morgan fingerprint density at radius 1 is 0.909 bits per heavy atom. The van der Waals surface area contributed by atoms with Crippen LogP contribution >= 0.6 is 0 Å².